The summed E-state index contributed by atoms with van der Waals surface area (Å²) in [7, 11) is 4.04. The Morgan fingerprint density at radius 1 is 1.14 bits per heavy atom. The third-order valence-electron chi connectivity index (χ3n) is 3.66. The molecule has 1 aliphatic rings. The Morgan fingerprint density at radius 2 is 1.86 bits per heavy atom. The molecule has 1 aliphatic heterocycles. The van der Waals surface area contributed by atoms with Crippen LogP contribution in [0, 0.1) is 0 Å². The SMILES string of the molecule is CN1c2c(ccc(O)c2N=Nc2ccc(Cl)cc2)C[NH+]1C. The molecule has 21 heavy (non-hydrogen) atoms. The van der Waals surface area contributed by atoms with Crippen molar-refractivity contribution < 1.29 is 10.1 Å². The number of azo groups is 1. The first-order valence-corrected chi connectivity index (χ1v) is 7.02. The standard InChI is InChI=1S/C15H15ClN4O/c1-19-9-10-3-8-13(21)14(15(10)20(19)2)18-17-12-6-4-11(16)5-7-12/h3-8,21H,9H2,1-2H3/p+1. The number of phenols is 1. The number of hydrogen-bond donors (Lipinski definition) is 2. The van der Waals surface area contributed by atoms with Gasteiger partial charge < -0.3 is 5.11 Å². The monoisotopic (exact) mass is 303 g/mol. The molecule has 0 radical (unpaired) electrons. The van der Waals surface area contributed by atoms with E-state index >= 15 is 0 Å². The fourth-order valence-electron chi connectivity index (χ4n) is 2.43. The van der Waals surface area contributed by atoms with Gasteiger partial charge in [-0.1, -0.05) is 11.6 Å². The second kappa shape index (κ2) is 5.35. The van der Waals surface area contributed by atoms with Crippen LogP contribution in [-0.4, -0.2) is 19.2 Å². The van der Waals surface area contributed by atoms with Crippen LogP contribution in [0.4, 0.5) is 17.1 Å². The molecule has 0 bridgehead atoms. The molecule has 0 aliphatic carbocycles. The molecule has 2 aromatic rings. The van der Waals surface area contributed by atoms with Crippen LogP contribution in [0.5, 0.6) is 5.75 Å². The second-order valence-corrected chi connectivity index (χ2v) is 5.52. The Balaban J connectivity index is 2.00. The molecule has 0 amide bonds. The summed E-state index contributed by atoms with van der Waals surface area (Å²) in [6, 6.07) is 10.7. The molecule has 1 atom stereocenters. The summed E-state index contributed by atoms with van der Waals surface area (Å²) in [4.78, 5) is 0. The number of nitrogens with one attached hydrogen (secondary N) is 1. The van der Waals surface area contributed by atoms with Gasteiger partial charge in [-0.15, -0.1) is 5.11 Å². The summed E-state index contributed by atoms with van der Waals surface area (Å²) >= 11 is 5.84. The minimum Gasteiger partial charge on any atom is -0.506 e. The van der Waals surface area contributed by atoms with E-state index < -0.39 is 0 Å². The van der Waals surface area contributed by atoms with Crippen molar-refractivity contribution in [2.24, 2.45) is 10.2 Å². The maximum absolute atomic E-state index is 10.1. The maximum Gasteiger partial charge on any atom is 0.156 e. The largest absolute Gasteiger partial charge is 0.506 e. The van der Waals surface area contributed by atoms with Gasteiger partial charge in [0.05, 0.1) is 19.8 Å². The van der Waals surface area contributed by atoms with Crippen molar-refractivity contribution in [1.82, 2.24) is 0 Å². The van der Waals surface area contributed by atoms with Gasteiger partial charge >= 0.3 is 0 Å². The van der Waals surface area contributed by atoms with E-state index in [1.165, 1.54) is 5.01 Å². The maximum atomic E-state index is 10.1. The highest BCUT2D eigenvalue weighted by Crippen LogP contribution is 2.41. The smallest absolute Gasteiger partial charge is 0.156 e. The molecule has 108 valence electrons. The van der Waals surface area contributed by atoms with Crippen molar-refractivity contribution >= 4 is 28.7 Å². The van der Waals surface area contributed by atoms with Crippen molar-refractivity contribution in [2.45, 2.75) is 6.54 Å². The van der Waals surface area contributed by atoms with Crippen molar-refractivity contribution in [3.63, 3.8) is 0 Å². The van der Waals surface area contributed by atoms with Crippen LogP contribution in [0.25, 0.3) is 0 Å². The fraction of sp³-hybridized carbons (Fsp3) is 0.200. The average Bonchev–Trinajstić information content (AvgIpc) is 2.76. The lowest BCUT2D eigenvalue weighted by Gasteiger charge is -2.18. The van der Waals surface area contributed by atoms with Gasteiger partial charge in [-0.3, -0.25) is 0 Å². The number of aromatic hydroxyl groups is 1. The zero-order chi connectivity index (χ0) is 15.0. The molecule has 5 nitrogen and oxygen atoms in total. The predicted molar refractivity (Wildman–Crippen MR) is 82.7 cm³/mol. The van der Waals surface area contributed by atoms with Crippen LogP contribution >= 0.6 is 11.6 Å². The number of rotatable bonds is 2. The van der Waals surface area contributed by atoms with Crippen molar-refractivity contribution in [3.8, 4) is 5.75 Å². The lowest BCUT2D eigenvalue weighted by atomic mass is 10.1. The minimum absolute atomic E-state index is 0.132. The molecule has 0 saturated heterocycles. The lowest BCUT2D eigenvalue weighted by molar-refractivity contribution is -0.894. The minimum atomic E-state index is 0.132. The Kier molecular flexibility index (Phi) is 3.53. The number of phenolic OH excluding ortho intramolecular Hbond substituents is 1. The van der Waals surface area contributed by atoms with Crippen LogP contribution in [0.15, 0.2) is 46.6 Å². The number of nitrogens with zero attached hydrogens (tertiary/aromatic N) is 3. The van der Waals surface area contributed by atoms with Crippen LogP contribution in [0.1, 0.15) is 5.56 Å². The second-order valence-electron chi connectivity index (χ2n) is 5.09. The highest BCUT2D eigenvalue weighted by atomic mass is 35.5. The first kappa shape index (κ1) is 13.9. The molecule has 1 unspecified atom stereocenters. The Morgan fingerprint density at radius 3 is 2.57 bits per heavy atom. The van der Waals surface area contributed by atoms with Gasteiger partial charge in [-0.05, 0) is 36.4 Å². The zero-order valence-corrected chi connectivity index (χ0v) is 12.6. The number of hydrogen-bond acceptors (Lipinski definition) is 4. The molecule has 0 saturated carbocycles. The van der Waals surface area contributed by atoms with Crippen LogP contribution in [0.2, 0.25) is 5.02 Å². The van der Waals surface area contributed by atoms with Gasteiger partial charge in [-0.2, -0.15) is 5.11 Å². The number of anilines is 1. The molecular weight excluding hydrogens is 288 g/mol. The summed E-state index contributed by atoms with van der Waals surface area (Å²) in [5, 5.41) is 22.4. The summed E-state index contributed by atoms with van der Waals surface area (Å²) in [5.41, 5.74) is 3.27. The number of quaternary nitrogens is 1. The quantitative estimate of drug-likeness (QED) is 0.838. The van der Waals surface area contributed by atoms with Gasteiger partial charge in [-0.25, -0.2) is 10.0 Å². The van der Waals surface area contributed by atoms with Gasteiger partial charge in [0.15, 0.2) is 5.69 Å². The first-order chi connectivity index (χ1) is 10.1. The summed E-state index contributed by atoms with van der Waals surface area (Å²) in [6.07, 6.45) is 0. The van der Waals surface area contributed by atoms with Crippen molar-refractivity contribution in [3.05, 3.63) is 47.0 Å². The van der Waals surface area contributed by atoms with E-state index in [2.05, 4.69) is 17.3 Å². The van der Waals surface area contributed by atoms with E-state index in [0.717, 1.165) is 17.8 Å². The van der Waals surface area contributed by atoms with Gasteiger partial charge in [0, 0.05) is 10.6 Å². The van der Waals surface area contributed by atoms with E-state index in [1.807, 2.05) is 18.1 Å². The van der Waals surface area contributed by atoms with E-state index in [9.17, 15) is 5.11 Å². The Hall–Kier alpha value is -2.11. The molecule has 0 spiro atoms. The van der Waals surface area contributed by atoms with Crippen LogP contribution in [-0.2, 0) is 6.54 Å². The summed E-state index contributed by atoms with van der Waals surface area (Å²) < 4.78 is 0. The summed E-state index contributed by atoms with van der Waals surface area (Å²) in [5.74, 6) is 0.132. The third kappa shape index (κ3) is 2.57. The van der Waals surface area contributed by atoms with Crippen molar-refractivity contribution in [1.29, 1.82) is 0 Å². The molecule has 0 aromatic heterocycles. The van der Waals surface area contributed by atoms with Crippen molar-refractivity contribution in [2.75, 3.05) is 19.1 Å². The van der Waals surface area contributed by atoms with E-state index in [1.54, 1.807) is 30.3 Å². The predicted octanol–water partition coefficient (Wildman–Crippen LogP) is 2.84. The molecule has 0 fully saturated rings. The average molecular weight is 304 g/mol. The highest BCUT2D eigenvalue weighted by Gasteiger charge is 2.29. The fourth-order valence-corrected chi connectivity index (χ4v) is 2.55. The Bertz CT molecular complexity index is 700. The zero-order valence-electron chi connectivity index (χ0n) is 11.8. The van der Waals surface area contributed by atoms with Gasteiger partial charge in [0.1, 0.15) is 18.0 Å². The van der Waals surface area contributed by atoms with Gasteiger partial charge in [0.25, 0.3) is 0 Å². The van der Waals surface area contributed by atoms with Crippen LogP contribution in [0.3, 0.4) is 0 Å². The number of benzene rings is 2. The highest BCUT2D eigenvalue weighted by molar-refractivity contribution is 6.30. The van der Waals surface area contributed by atoms with E-state index in [4.69, 9.17) is 11.6 Å². The molecule has 6 heteroatoms. The molecular formula is C15H16ClN4O+. The number of fused-ring (bicyclic) bond motifs is 1. The van der Waals surface area contributed by atoms with E-state index in [0.29, 0.717) is 16.4 Å². The molecule has 3 rings (SSSR count). The topological polar surface area (TPSA) is 52.6 Å². The lowest BCUT2D eigenvalue weighted by Crippen LogP contribution is -3.12. The molecule has 2 N–H and O–H groups in total. The number of halogens is 1. The van der Waals surface area contributed by atoms with E-state index in [-0.39, 0.29) is 5.75 Å². The molecule has 1 heterocycles. The first-order valence-electron chi connectivity index (χ1n) is 6.64. The third-order valence-corrected chi connectivity index (χ3v) is 3.91. The normalized spacial score (nSPS) is 17.5. The Labute approximate surface area is 128 Å². The molecule has 2 aromatic carbocycles. The van der Waals surface area contributed by atoms with Gasteiger partial charge in [0.2, 0.25) is 0 Å². The van der Waals surface area contributed by atoms with Crippen LogP contribution < -0.4 is 10.0 Å². The summed E-state index contributed by atoms with van der Waals surface area (Å²) in [6.45, 7) is 0.871.